The van der Waals surface area contributed by atoms with Crippen molar-refractivity contribution in [3.8, 4) is 0 Å². The summed E-state index contributed by atoms with van der Waals surface area (Å²) in [6, 6.07) is 4.69. The molecule has 1 amide bonds. The maximum absolute atomic E-state index is 13.3. The van der Waals surface area contributed by atoms with Crippen LogP contribution in [0.1, 0.15) is 39.0 Å². The van der Waals surface area contributed by atoms with Gasteiger partial charge in [0.25, 0.3) is 0 Å². The summed E-state index contributed by atoms with van der Waals surface area (Å²) >= 11 is 0. The third-order valence-corrected chi connectivity index (χ3v) is 7.78. The molecule has 0 aromatic heterocycles. The second-order valence-corrected chi connectivity index (χ2v) is 9.50. The summed E-state index contributed by atoms with van der Waals surface area (Å²) in [4.78, 5) is 17.0. The largest absolute Gasteiger partial charge is 0.339 e. The molecule has 1 aliphatic heterocycles. The lowest BCUT2D eigenvalue weighted by molar-refractivity contribution is -0.133. The molecule has 156 valence electrons. The van der Waals surface area contributed by atoms with Crippen molar-refractivity contribution in [1.29, 1.82) is 0 Å². The second kappa shape index (κ2) is 9.33. The summed E-state index contributed by atoms with van der Waals surface area (Å²) in [5.41, 5.74) is 0. The zero-order chi connectivity index (χ0) is 20.1. The molecule has 0 N–H and O–H groups in total. The Kier molecular flexibility index (Phi) is 7.06. The van der Waals surface area contributed by atoms with Crippen molar-refractivity contribution in [2.45, 2.75) is 50.0 Å². The Labute approximate surface area is 167 Å². The number of hydrogen-bond acceptors (Lipinski definition) is 4. The van der Waals surface area contributed by atoms with Crippen LogP contribution in [0.2, 0.25) is 0 Å². The highest BCUT2D eigenvalue weighted by atomic mass is 32.2. The minimum Gasteiger partial charge on any atom is -0.339 e. The number of carbonyl (C=O) groups excluding carboxylic acids is 1. The van der Waals surface area contributed by atoms with Crippen LogP contribution in [0.25, 0.3) is 0 Å². The molecule has 0 radical (unpaired) electrons. The van der Waals surface area contributed by atoms with Crippen molar-refractivity contribution < 1.29 is 17.6 Å². The molecule has 1 aromatic carbocycles. The van der Waals surface area contributed by atoms with Gasteiger partial charge in [-0.15, -0.1) is 0 Å². The second-order valence-electron chi connectivity index (χ2n) is 7.61. The Morgan fingerprint density at radius 2 is 1.68 bits per heavy atom. The molecule has 2 fully saturated rings. The fourth-order valence-electron chi connectivity index (χ4n) is 4.07. The number of halogens is 1. The van der Waals surface area contributed by atoms with E-state index in [2.05, 4.69) is 11.8 Å². The van der Waals surface area contributed by atoms with E-state index in [0.717, 1.165) is 63.9 Å². The van der Waals surface area contributed by atoms with Gasteiger partial charge in [0.05, 0.1) is 11.4 Å². The van der Waals surface area contributed by atoms with Gasteiger partial charge < -0.3 is 9.80 Å². The lowest BCUT2D eigenvalue weighted by Gasteiger charge is -2.37. The lowest BCUT2D eigenvalue weighted by Crippen LogP contribution is -2.53. The fraction of sp³-hybridized carbons (Fsp3) is 0.650. The van der Waals surface area contributed by atoms with Crippen LogP contribution in [0.15, 0.2) is 29.2 Å². The normalized spacial score (nSPS) is 19.9. The first-order chi connectivity index (χ1) is 13.4. The molecular formula is C20H30FN3O3S. The zero-order valence-corrected chi connectivity index (χ0v) is 17.3. The summed E-state index contributed by atoms with van der Waals surface area (Å²) in [5, 5.41) is 0. The van der Waals surface area contributed by atoms with Gasteiger partial charge in [-0.1, -0.05) is 26.2 Å². The molecule has 0 spiro atoms. The molecule has 2 aliphatic rings. The summed E-state index contributed by atoms with van der Waals surface area (Å²) in [6.45, 7) is 5.79. The van der Waals surface area contributed by atoms with Gasteiger partial charge in [0.1, 0.15) is 5.82 Å². The van der Waals surface area contributed by atoms with E-state index < -0.39 is 15.8 Å². The van der Waals surface area contributed by atoms with Crippen molar-refractivity contribution in [2.75, 3.05) is 39.3 Å². The van der Waals surface area contributed by atoms with Gasteiger partial charge in [0.15, 0.2) is 0 Å². The first-order valence-electron chi connectivity index (χ1n) is 10.2. The molecular weight excluding hydrogens is 381 g/mol. The first kappa shape index (κ1) is 21.2. The molecule has 0 bridgehead atoms. The number of benzene rings is 1. The molecule has 28 heavy (non-hydrogen) atoms. The number of likely N-dealkylation sites (N-methyl/N-ethyl adjacent to an activating group) is 1. The predicted molar refractivity (Wildman–Crippen MR) is 106 cm³/mol. The number of amides is 1. The van der Waals surface area contributed by atoms with Crippen LogP contribution in [0.5, 0.6) is 0 Å². The topological polar surface area (TPSA) is 60.9 Å². The van der Waals surface area contributed by atoms with Gasteiger partial charge in [0, 0.05) is 32.2 Å². The van der Waals surface area contributed by atoms with Crippen LogP contribution in [0, 0.1) is 5.82 Å². The fourth-order valence-corrected chi connectivity index (χ4v) is 5.70. The van der Waals surface area contributed by atoms with E-state index in [9.17, 15) is 17.6 Å². The van der Waals surface area contributed by atoms with Crippen molar-refractivity contribution >= 4 is 15.9 Å². The van der Waals surface area contributed by atoms with Crippen molar-refractivity contribution in [1.82, 2.24) is 14.1 Å². The van der Waals surface area contributed by atoms with E-state index >= 15 is 0 Å². The molecule has 1 saturated carbocycles. The monoisotopic (exact) mass is 411 g/mol. The molecule has 6 nitrogen and oxygen atoms in total. The quantitative estimate of drug-likeness (QED) is 0.721. The average molecular weight is 412 g/mol. The van der Waals surface area contributed by atoms with Crippen LogP contribution in [-0.4, -0.2) is 73.7 Å². The number of carbonyl (C=O) groups is 1. The highest BCUT2D eigenvalue weighted by Gasteiger charge is 2.35. The Balaban J connectivity index is 1.79. The van der Waals surface area contributed by atoms with Crippen molar-refractivity contribution in [3.63, 3.8) is 0 Å². The van der Waals surface area contributed by atoms with E-state index in [1.807, 2.05) is 0 Å². The molecule has 1 aliphatic carbocycles. The maximum Gasteiger partial charge on any atom is 0.243 e. The van der Waals surface area contributed by atoms with Crippen LogP contribution in [-0.2, 0) is 14.8 Å². The molecule has 3 rings (SSSR count). The number of rotatable bonds is 6. The van der Waals surface area contributed by atoms with E-state index in [0.29, 0.717) is 13.1 Å². The lowest BCUT2D eigenvalue weighted by atomic mass is 9.95. The van der Waals surface area contributed by atoms with Gasteiger partial charge >= 0.3 is 0 Å². The van der Waals surface area contributed by atoms with Crippen LogP contribution in [0.4, 0.5) is 4.39 Å². The summed E-state index contributed by atoms with van der Waals surface area (Å²) < 4.78 is 41.2. The Morgan fingerprint density at radius 3 is 2.25 bits per heavy atom. The SMILES string of the molecule is CCN1CCN(C(=O)CN(C2CCCCC2)S(=O)(=O)c2ccc(F)cc2)CC1. The molecule has 1 aromatic rings. The zero-order valence-electron chi connectivity index (χ0n) is 16.5. The van der Waals surface area contributed by atoms with E-state index in [-0.39, 0.29) is 23.4 Å². The number of sulfonamides is 1. The maximum atomic E-state index is 13.3. The minimum absolute atomic E-state index is 0.0445. The highest BCUT2D eigenvalue weighted by molar-refractivity contribution is 7.89. The molecule has 8 heteroatoms. The predicted octanol–water partition coefficient (Wildman–Crippen LogP) is 2.31. The van der Waals surface area contributed by atoms with E-state index in [1.54, 1.807) is 4.90 Å². The third kappa shape index (κ3) is 4.90. The first-order valence-corrected chi connectivity index (χ1v) is 11.6. The van der Waals surface area contributed by atoms with Crippen LogP contribution in [0.3, 0.4) is 0 Å². The molecule has 1 heterocycles. The Hall–Kier alpha value is -1.51. The molecule has 1 saturated heterocycles. The number of hydrogen-bond donors (Lipinski definition) is 0. The minimum atomic E-state index is -3.86. The van der Waals surface area contributed by atoms with Gasteiger partial charge in [-0.25, -0.2) is 12.8 Å². The number of piperazine rings is 1. The van der Waals surface area contributed by atoms with Crippen molar-refractivity contribution in [3.05, 3.63) is 30.1 Å². The molecule has 0 unspecified atom stereocenters. The van der Waals surface area contributed by atoms with Gasteiger partial charge in [-0.05, 0) is 43.7 Å². The van der Waals surface area contributed by atoms with Gasteiger partial charge in [-0.2, -0.15) is 4.31 Å². The summed E-state index contributed by atoms with van der Waals surface area (Å²) in [5.74, 6) is -0.625. The average Bonchev–Trinajstić information content (AvgIpc) is 2.72. The summed E-state index contributed by atoms with van der Waals surface area (Å²) in [7, 11) is -3.86. The Bertz CT molecular complexity index is 755. The molecule has 0 atom stereocenters. The highest BCUT2D eigenvalue weighted by Crippen LogP contribution is 2.28. The number of nitrogens with zero attached hydrogens (tertiary/aromatic N) is 3. The van der Waals surface area contributed by atoms with Crippen LogP contribution < -0.4 is 0 Å². The van der Waals surface area contributed by atoms with Crippen LogP contribution >= 0.6 is 0 Å². The Morgan fingerprint density at radius 1 is 1.07 bits per heavy atom. The van der Waals surface area contributed by atoms with Gasteiger partial charge in [0.2, 0.25) is 15.9 Å². The van der Waals surface area contributed by atoms with E-state index in [1.165, 1.54) is 16.4 Å². The van der Waals surface area contributed by atoms with Crippen molar-refractivity contribution in [2.24, 2.45) is 0 Å². The summed E-state index contributed by atoms with van der Waals surface area (Å²) in [6.07, 6.45) is 4.54. The smallest absolute Gasteiger partial charge is 0.243 e. The third-order valence-electron chi connectivity index (χ3n) is 5.87. The van der Waals surface area contributed by atoms with E-state index in [4.69, 9.17) is 0 Å². The van der Waals surface area contributed by atoms with Gasteiger partial charge in [-0.3, -0.25) is 4.79 Å². The standard InChI is InChI=1S/C20H30FN3O3S/c1-2-22-12-14-23(15-13-22)20(25)16-24(18-6-4-3-5-7-18)28(26,27)19-10-8-17(21)9-11-19/h8-11,18H,2-7,12-16H2,1H3.